The van der Waals surface area contributed by atoms with Crippen molar-refractivity contribution in [3.05, 3.63) is 0 Å². The van der Waals surface area contributed by atoms with Crippen LogP contribution in [0.2, 0.25) is 0 Å². The number of amides is 4. The molecule has 9 N–H and O–H groups in total. The molecule has 0 aromatic heterocycles. The van der Waals surface area contributed by atoms with Crippen LogP contribution in [0.1, 0.15) is 32.1 Å². The number of carbonyl (C=O) groups is 6. The molecule has 0 aromatic carbocycles. The second kappa shape index (κ2) is 12.4. The summed E-state index contributed by atoms with van der Waals surface area (Å²) in [6.45, 7) is -0.326. The minimum atomic E-state index is -1.67. The van der Waals surface area contributed by atoms with Crippen molar-refractivity contribution in [3.8, 4) is 0 Å². The average molecular weight is 445 g/mol. The van der Waals surface area contributed by atoms with Gasteiger partial charge in [-0.3, -0.25) is 24.0 Å². The van der Waals surface area contributed by atoms with E-state index in [1.807, 2.05) is 5.32 Å². The van der Waals surface area contributed by atoms with E-state index in [4.69, 9.17) is 21.1 Å². The Morgan fingerprint density at radius 2 is 1.58 bits per heavy atom. The van der Waals surface area contributed by atoms with Crippen LogP contribution in [0.15, 0.2) is 0 Å². The fourth-order valence-corrected chi connectivity index (χ4v) is 2.86. The molecule has 0 spiro atoms. The highest BCUT2D eigenvalue weighted by atomic mass is 16.4. The molecule has 1 saturated heterocycles. The fraction of sp³-hybridized carbons (Fsp3) is 0.647. The molecule has 14 nitrogen and oxygen atoms in total. The fourth-order valence-electron chi connectivity index (χ4n) is 2.86. The Kier molecular flexibility index (Phi) is 10.3. The first kappa shape index (κ1) is 25.8. The average Bonchev–Trinajstić information content (AvgIpc) is 3.22. The summed E-state index contributed by atoms with van der Waals surface area (Å²) in [7, 11) is 0. The van der Waals surface area contributed by atoms with Crippen LogP contribution < -0.4 is 27.0 Å². The first-order valence-electron chi connectivity index (χ1n) is 9.53. The molecule has 0 saturated carbocycles. The first-order chi connectivity index (χ1) is 14.5. The highest BCUT2D eigenvalue weighted by Gasteiger charge is 2.32. The third-order valence-corrected chi connectivity index (χ3v) is 4.49. The van der Waals surface area contributed by atoms with Gasteiger partial charge in [0.1, 0.15) is 18.1 Å². The second-order valence-corrected chi connectivity index (χ2v) is 6.96. The molecule has 4 unspecified atom stereocenters. The summed E-state index contributed by atoms with van der Waals surface area (Å²) in [5.41, 5.74) is 5.13. The van der Waals surface area contributed by atoms with Gasteiger partial charge in [-0.05, 0) is 25.8 Å². The molecule has 0 aromatic rings. The number of aliphatic hydroxyl groups excluding tert-OH is 1. The van der Waals surface area contributed by atoms with Gasteiger partial charge in [0.25, 0.3) is 0 Å². The van der Waals surface area contributed by atoms with Crippen molar-refractivity contribution in [1.82, 2.24) is 21.3 Å². The lowest BCUT2D eigenvalue weighted by Gasteiger charge is -2.24. The van der Waals surface area contributed by atoms with E-state index in [-0.39, 0.29) is 0 Å². The zero-order chi connectivity index (χ0) is 23.6. The number of carbonyl (C=O) groups excluding carboxylic acids is 4. The topological polar surface area (TPSA) is 237 Å². The van der Waals surface area contributed by atoms with Gasteiger partial charge in [-0.25, -0.2) is 4.79 Å². The Balaban J connectivity index is 2.91. The van der Waals surface area contributed by atoms with E-state index in [1.165, 1.54) is 0 Å². The number of nitrogens with two attached hydrogens (primary N) is 1. The molecular formula is C17H27N5O9. The van der Waals surface area contributed by atoms with Crippen molar-refractivity contribution in [2.75, 3.05) is 13.2 Å². The molecule has 1 aliphatic heterocycles. The SMILES string of the molecule is NC(=O)CC(NC(=O)C1CCCN1)C(=O)NC(CCC(=O)O)C(=O)NC(CO)C(=O)O. The highest BCUT2D eigenvalue weighted by Crippen LogP contribution is 2.07. The van der Waals surface area contributed by atoms with Gasteiger partial charge in [0.15, 0.2) is 0 Å². The normalized spacial score (nSPS) is 18.3. The van der Waals surface area contributed by atoms with Crippen LogP contribution in [0.3, 0.4) is 0 Å². The van der Waals surface area contributed by atoms with Crippen molar-refractivity contribution in [2.45, 2.75) is 56.3 Å². The van der Waals surface area contributed by atoms with Gasteiger partial charge in [-0.1, -0.05) is 0 Å². The zero-order valence-electron chi connectivity index (χ0n) is 16.6. The molecular weight excluding hydrogens is 418 g/mol. The van der Waals surface area contributed by atoms with Gasteiger partial charge in [-0.15, -0.1) is 0 Å². The lowest BCUT2D eigenvalue weighted by Crippen LogP contribution is -2.58. The van der Waals surface area contributed by atoms with Gasteiger partial charge in [0, 0.05) is 6.42 Å². The predicted octanol–water partition coefficient (Wildman–Crippen LogP) is -3.99. The number of hydrogen-bond donors (Lipinski definition) is 8. The highest BCUT2D eigenvalue weighted by molar-refractivity contribution is 5.96. The summed E-state index contributed by atoms with van der Waals surface area (Å²) in [5.74, 6) is -6.31. The van der Waals surface area contributed by atoms with Gasteiger partial charge in [0.05, 0.1) is 19.1 Å². The number of carboxylic acid groups (broad SMARTS) is 2. The molecule has 14 heteroatoms. The van der Waals surface area contributed by atoms with E-state index in [1.54, 1.807) is 0 Å². The maximum atomic E-state index is 12.6. The molecule has 1 heterocycles. The van der Waals surface area contributed by atoms with E-state index >= 15 is 0 Å². The lowest BCUT2D eigenvalue weighted by atomic mass is 10.1. The number of hydrogen-bond acceptors (Lipinski definition) is 8. The molecule has 4 amide bonds. The number of carboxylic acids is 2. The summed E-state index contributed by atoms with van der Waals surface area (Å²) in [6.07, 6.45) is -0.262. The van der Waals surface area contributed by atoms with E-state index in [2.05, 4.69) is 16.0 Å². The van der Waals surface area contributed by atoms with Crippen molar-refractivity contribution in [3.63, 3.8) is 0 Å². The summed E-state index contributed by atoms with van der Waals surface area (Å²) >= 11 is 0. The first-order valence-corrected chi connectivity index (χ1v) is 9.53. The van der Waals surface area contributed by atoms with Gasteiger partial charge >= 0.3 is 11.9 Å². The van der Waals surface area contributed by atoms with E-state index in [0.29, 0.717) is 13.0 Å². The second-order valence-electron chi connectivity index (χ2n) is 6.96. The van der Waals surface area contributed by atoms with Crippen molar-refractivity contribution >= 4 is 35.6 Å². The molecule has 174 valence electrons. The molecule has 0 radical (unpaired) electrons. The minimum absolute atomic E-state index is 0.411. The van der Waals surface area contributed by atoms with Gasteiger partial charge in [0.2, 0.25) is 23.6 Å². The zero-order valence-corrected chi connectivity index (χ0v) is 16.6. The number of aliphatic carboxylic acids is 2. The quantitative estimate of drug-likeness (QED) is 0.137. The molecule has 1 aliphatic rings. The molecule has 4 atom stereocenters. The molecule has 1 rings (SSSR count). The standard InChI is InChI=1S/C17H27N5O9/c18-12(24)6-10(21-14(27)8-2-1-5-19-8)16(29)20-9(3-4-13(25)26)15(28)22-11(7-23)17(30)31/h8-11,19,23H,1-7H2,(H2,18,24)(H,20,29)(H,21,27)(H,22,28)(H,25,26)(H,30,31). The van der Waals surface area contributed by atoms with Crippen LogP contribution in [0, 0.1) is 0 Å². The van der Waals surface area contributed by atoms with Crippen LogP contribution in [0.5, 0.6) is 0 Å². The van der Waals surface area contributed by atoms with Crippen molar-refractivity contribution in [1.29, 1.82) is 0 Å². The van der Waals surface area contributed by atoms with Crippen LogP contribution in [0.4, 0.5) is 0 Å². The largest absolute Gasteiger partial charge is 0.481 e. The van der Waals surface area contributed by atoms with Crippen molar-refractivity contribution in [2.24, 2.45) is 5.73 Å². The Hall–Kier alpha value is -3.26. The monoisotopic (exact) mass is 445 g/mol. The molecule has 0 aliphatic carbocycles. The third-order valence-electron chi connectivity index (χ3n) is 4.49. The Labute approximate surface area is 176 Å². The summed E-state index contributed by atoms with van der Waals surface area (Å²) in [5, 5.41) is 36.3. The molecule has 0 bridgehead atoms. The predicted molar refractivity (Wildman–Crippen MR) is 102 cm³/mol. The minimum Gasteiger partial charge on any atom is -0.481 e. The number of aliphatic hydroxyl groups is 1. The van der Waals surface area contributed by atoms with Gasteiger partial charge in [-0.2, -0.15) is 0 Å². The summed E-state index contributed by atoms with van der Waals surface area (Å²) < 4.78 is 0. The smallest absolute Gasteiger partial charge is 0.328 e. The van der Waals surface area contributed by atoms with E-state index in [0.717, 1.165) is 6.42 Å². The Morgan fingerprint density at radius 3 is 2.06 bits per heavy atom. The van der Waals surface area contributed by atoms with E-state index in [9.17, 15) is 28.8 Å². The Morgan fingerprint density at radius 1 is 0.968 bits per heavy atom. The number of rotatable bonds is 13. The van der Waals surface area contributed by atoms with Crippen LogP contribution in [0.25, 0.3) is 0 Å². The van der Waals surface area contributed by atoms with Crippen LogP contribution in [-0.4, -0.2) is 88.2 Å². The van der Waals surface area contributed by atoms with Crippen molar-refractivity contribution < 1.29 is 44.1 Å². The summed E-state index contributed by atoms with van der Waals surface area (Å²) in [6, 6.07) is -5.17. The summed E-state index contributed by atoms with van der Waals surface area (Å²) in [4.78, 5) is 70.5. The van der Waals surface area contributed by atoms with Gasteiger partial charge < -0.3 is 42.3 Å². The maximum Gasteiger partial charge on any atom is 0.328 e. The molecule has 31 heavy (non-hydrogen) atoms. The van der Waals surface area contributed by atoms with Crippen LogP contribution in [-0.2, 0) is 28.8 Å². The number of nitrogens with one attached hydrogen (secondary N) is 4. The van der Waals surface area contributed by atoms with Crippen LogP contribution >= 0.6 is 0 Å². The van der Waals surface area contributed by atoms with E-state index < -0.39 is 85.6 Å². The maximum absolute atomic E-state index is 12.6. The number of primary amides is 1. The lowest BCUT2D eigenvalue weighted by molar-refractivity contribution is -0.144. The third kappa shape index (κ3) is 8.96. The Bertz CT molecular complexity index is 708. The molecule has 1 fully saturated rings.